The summed E-state index contributed by atoms with van der Waals surface area (Å²) in [6.45, 7) is 3.39. The van der Waals surface area contributed by atoms with Crippen LogP contribution in [-0.2, 0) is 17.8 Å². The van der Waals surface area contributed by atoms with Gasteiger partial charge in [0.25, 0.3) is 0 Å². The van der Waals surface area contributed by atoms with Crippen molar-refractivity contribution in [3.8, 4) is 11.5 Å². The maximum absolute atomic E-state index is 13.1. The molecule has 7 heteroatoms. The van der Waals surface area contributed by atoms with Crippen LogP contribution in [0.15, 0.2) is 30.6 Å². The SMILES string of the molecule is CCc1nccn1CC(=O)N1CCC[C@@H](C(=O)c2ccc(OC)cc2OC)C1. The van der Waals surface area contributed by atoms with Crippen LogP contribution in [0.2, 0.25) is 0 Å². The second kappa shape index (κ2) is 8.91. The molecule has 0 bridgehead atoms. The Kier molecular flexibility index (Phi) is 6.34. The molecule has 1 amide bonds. The van der Waals surface area contributed by atoms with Gasteiger partial charge in [-0.3, -0.25) is 9.59 Å². The summed E-state index contributed by atoms with van der Waals surface area (Å²) in [5.41, 5.74) is 0.533. The Morgan fingerprint density at radius 1 is 1.25 bits per heavy atom. The number of Topliss-reactive ketones (excluding diaryl/α,β-unsaturated/α-hetero) is 1. The number of aryl methyl sites for hydroxylation is 1. The van der Waals surface area contributed by atoms with Crippen LogP contribution in [0.25, 0.3) is 0 Å². The van der Waals surface area contributed by atoms with E-state index in [1.165, 1.54) is 0 Å². The van der Waals surface area contributed by atoms with Gasteiger partial charge in [-0.15, -0.1) is 0 Å². The molecule has 1 aromatic heterocycles. The van der Waals surface area contributed by atoms with Crippen molar-refractivity contribution < 1.29 is 19.1 Å². The zero-order valence-electron chi connectivity index (χ0n) is 16.7. The first-order chi connectivity index (χ1) is 13.6. The van der Waals surface area contributed by atoms with Crippen molar-refractivity contribution in [1.82, 2.24) is 14.5 Å². The van der Waals surface area contributed by atoms with Gasteiger partial charge in [0.2, 0.25) is 5.91 Å². The minimum Gasteiger partial charge on any atom is -0.497 e. The standard InChI is InChI=1S/C21H27N3O4/c1-4-19-22-9-11-23(19)14-20(25)24-10-5-6-15(13-24)21(26)17-8-7-16(27-2)12-18(17)28-3/h7-9,11-12,15H,4-6,10,13-14H2,1-3H3/t15-/m1/s1. The van der Waals surface area contributed by atoms with Crippen molar-refractivity contribution in [2.24, 2.45) is 5.92 Å². The first kappa shape index (κ1) is 19.9. The van der Waals surface area contributed by atoms with Crippen LogP contribution in [0.1, 0.15) is 35.9 Å². The predicted molar refractivity (Wildman–Crippen MR) is 105 cm³/mol. The van der Waals surface area contributed by atoms with E-state index in [2.05, 4.69) is 4.98 Å². The maximum Gasteiger partial charge on any atom is 0.242 e. The van der Waals surface area contributed by atoms with Gasteiger partial charge in [-0.05, 0) is 25.0 Å². The summed E-state index contributed by atoms with van der Waals surface area (Å²) < 4.78 is 12.5. The molecule has 2 heterocycles. The molecule has 1 atom stereocenters. The Balaban J connectivity index is 1.70. The van der Waals surface area contributed by atoms with Gasteiger partial charge < -0.3 is 18.9 Å². The number of hydrogen-bond donors (Lipinski definition) is 0. The van der Waals surface area contributed by atoms with E-state index in [-0.39, 0.29) is 24.2 Å². The number of likely N-dealkylation sites (tertiary alicyclic amines) is 1. The number of aromatic nitrogens is 2. The number of benzene rings is 1. The fourth-order valence-corrected chi connectivity index (χ4v) is 3.68. The molecule has 0 unspecified atom stereocenters. The monoisotopic (exact) mass is 385 g/mol. The smallest absolute Gasteiger partial charge is 0.242 e. The molecule has 1 aliphatic heterocycles. The second-order valence-electron chi connectivity index (χ2n) is 6.93. The van der Waals surface area contributed by atoms with Gasteiger partial charge in [-0.1, -0.05) is 6.92 Å². The molecule has 28 heavy (non-hydrogen) atoms. The van der Waals surface area contributed by atoms with Gasteiger partial charge in [-0.25, -0.2) is 4.98 Å². The Morgan fingerprint density at radius 2 is 2.07 bits per heavy atom. The van der Waals surface area contributed by atoms with Gasteiger partial charge in [-0.2, -0.15) is 0 Å². The predicted octanol–water partition coefficient (Wildman–Crippen LogP) is 2.58. The van der Waals surface area contributed by atoms with E-state index in [0.717, 1.165) is 25.1 Å². The molecule has 0 aliphatic carbocycles. The highest BCUT2D eigenvalue weighted by atomic mass is 16.5. The van der Waals surface area contributed by atoms with Crippen LogP contribution >= 0.6 is 0 Å². The van der Waals surface area contributed by atoms with E-state index in [1.807, 2.05) is 17.7 Å². The highest BCUT2D eigenvalue weighted by Gasteiger charge is 2.30. The zero-order valence-corrected chi connectivity index (χ0v) is 16.7. The number of methoxy groups -OCH3 is 2. The average molecular weight is 385 g/mol. The lowest BCUT2D eigenvalue weighted by molar-refractivity contribution is -0.133. The molecule has 150 valence electrons. The number of rotatable bonds is 7. The van der Waals surface area contributed by atoms with Crippen LogP contribution in [0.4, 0.5) is 0 Å². The Morgan fingerprint density at radius 3 is 2.79 bits per heavy atom. The number of hydrogen-bond acceptors (Lipinski definition) is 5. The quantitative estimate of drug-likeness (QED) is 0.685. The van der Waals surface area contributed by atoms with E-state index in [0.29, 0.717) is 30.2 Å². The van der Waals surface area contributed by atoms with Gasteiger partial charge >= 0.3 is 0 Å². The average Bonchev–Trinajstić information content (AvgIpc) is 3.19. The number of ketones is 1. The number of amides is 1. The van der Waals surface area contributed by atoms with Crippen molar-refractivity contribution >= 4 is 11.7 Å². The zero-order chi connectivity index (χ0) is 20.1. The highest BCUT2D eigenvalue weighted by molar-refractivity contribution is 6.01. The fraction of sp³-hybridized carbons (Fsp3) is 0.476. The Bertz CT molecular complexity index is 846. The lowest BCUT2D eigenvalue weighted by Crippen LogP contribution is -2.43. The first-order valence-electron chi connectivity index (χ1n) is 9.61. The van der Waals surface area contributed by atoms with Gasteiger partial charge in [0.1, 0.15) is 23.9 Å². The molecule has 1 aliphatic rings. The third-order valence-electron chi connectivity index (χ3n) is 5.24. The van der Waals surface area contributed by atoms with E-state index < -0.39 is 0 Å². The number of imidazole rings is 1. The molecule has 0 saturated carbocycles. The normalized spacial score (nSPS) is 16.7. The van der Waals surface area contributed by atoms with E-state index in [4.69, 9.17) is 9.47 Å². The second-order valence-corrected chi connectivity index (χ2v) is 6.93. The first-order valence-corrected chi connectivity index (χ1v) is 9.61. The topological polar surface area (TPSA) is 73.7 Å². The molecular formula is C21H27N3O4. The highest BCUT2D eigenvalue weighted by Crippen LogP contribution is 2.29. The Hall–Kier alpha value is -2.83. The van der Waals surface area contributed by atoms with E-state index >= 15 is 0 Å². The number of nitrogens with zero attached hydrogens (tertiary/aromatic N) is 3. The molecule has 0 radical (unpaired) electrons. The summed E-state index contributed by atoms with van der Waals surface area (Å²) in [4.78, 5) is 31.9. The molecule has 3 rings (SSSR count). The molecule has 1 saturated heterocycles. The Labute approximate surface area is 165 Å². The van der Waals surface area contributed by atoms with Crippen molar-refractivity contribution in [3.05, 3.63) is 42.0 Å². The largest absolute Gasteiger partial charge is 0.497 e. The molecule has 1 aromatic carbocycles. The lowest BCUT2D eigenvalue weighted by atomic mass is 9.89. The minimum atomic E-state index is -0.228. The van der Waals surface area contributed by atoms with Crippen molar-refractivity contribution in [1.29, 1.82) is 0 Å². The maximum atomic E-state index is 13.1. The number of carbonyl (C=O) groups is 2. The molecular weight excluding hydrogens is 358 g/mol. The van der Waals surface area contributed by atoms with Crippen molar-refractivity contribution in [2.75, 3.05) is 27.3 Å². The third kappa shape index (κ3) is 4.18. The van der Waals surface area contributed by atoms with Crippen LogP contribution in [-0.4, -0.2) is 53.5 Å². The molecule has 2 aromatic rings. The summed E-state index contributed by atoms with van der Waals surface area (Å²) in [6.07, 6.45) is 5.89. The third-order valence-corrected chi connectivity index (χ3v) is 5.24. The summed E-state index contributed by atoms with van der Waals surface area (Å²) in [6, 6.07) is 5.21. The summed E-state index contributed by atoms with van der Waals surface area (Å²) in [7, 11) is 3.11. The van der Waals surface area contributed by atoms with E-state index in [1.54, 1.807) is 43.5 Å². The van der Waals surface area contributed by atoms with Crippen molar-refractivity contribution in [3.63, 3.8) is 0 Å². The summed E-state index contributed by atoms with van der Waals surface area (Å²) in [5.74, 6) is 1.83. The summed E-state index contributed by atoms with van der Waals surface area (Å²) in [5, 5.41) is 0. The van der Waals surface area contributed by atoms with Gasteiger partial charge in [0, 0.05) is 43.9 Å². The number of piperidine rings is 1. The van der Waals surface area contributed by atoms with Crippen LogP contribution in [0.5, 0.6) is 11.5 Å². The van der Waals surface area contributed by atoms with Crippen LogP contribution < -0.4 is 9.47 Å². The lowest BCUT2D eigenvalue weighted by Gasteiger charge is -2.32. The molecule has 0 spiro atoms. The molecule has 0 N–H and O–H groups in total. The number of ether oxygens (including phenoxy) is 2. The van der Waals surface area contributed by atoms with E-state index in [9.17, 15) is 9.59 Å². The number of carbonyl (C=O) groups excluding carboxylic acids is 2. The van der Waals surface area contributed by atoms with Crippen molar-refractivity contribution in [2.45, 2.75) is 32.7 Å². The molecule has 1 fully saturated rings. The van der Waals surface area contributed by atoms with Crippen LogP contribution in [0.3, 0.4) is 0 Å². The molecule has 7 nitrogen and oxygen atoms in total. The van der Waals surface area contributed by atoms with Crippen LogP contribution in [0, 0.1) is 5.92 Å². The van der Waals surface area contributed by atoms with Gasteiger partial charge in [0.05, 0.1) is 19.8 Å². The fourth-order valence-electron chi connectivity index (χ4n) is 3.68. The van der Waals surface area contributed by atoms with Gasteiger partial charge in [0.15, 0.2) is 5.78 Å². The minimum absolute atomic E-state index is 0.00822. The summed E-state index contributed by atoms with van der Waals surface area (Å²) >= 11 is 0.